The van der Waals surface area contributed by atoms with Crippen molar-refractivity contribution in [2.75, 3.05) is 37.9 Å². The van der Waals surface area contributed by atoms with E-state index in [4.69, 9.17) is 4.74 Å². The van der Waals surface area contributed by atoms with Crippen molar-refractivity contribution in [1.29, 1.82) is 0 Å². The highest BCUT2D eigenvalue weighted by atomic mass is 19.1. The van der Waals surface area contributed by atoms with Crippen LogP contribution in [-0.4, -0.2) is 44.2 Å². The fourth-order valence-electron chi connectivity index (χ4n) is 2.27. The number of nitrogens with zero attached hydrogens (tertiary/aromatic N) is 1. The number of nitro groups is 1. The molecule has 1 aliphatic heterocycles. The highest BCUT2D eigenvalue weighted by molar-refractivity contribution is 5.77. The van der Waals surface area contributed by atoms with Crippen LogP contribution in [0.1, 0.15) is 5.56 Å². The second-order valence-electron chi connectivity index (χ2n) is 4.75. The summed E-state index contributed by atoms with van der Waals surface area (Å²) in [4.78, 5) is 21.6. The second-order valence-corrected chi connectivity index (χ2v) is 4.75. The van der Waals surface area contributed by atoms with Gasteiger partial charge in [0.2, 0.25) is 6.04 Å². The molecule has 0 radical (unpaired) electrons. The summed E-state index contributed by atoms with van der Waals surface area (Å²) in [5.74, 6) is -1.04. The molecule has 1 aromatic carbocycles. The fourth-order valence-corrected chi connectivity index (χ4v) is 2.27. The first-order valence-electron chi connectivity index (χ1n) is 6.55. The minimum Gasteiger partial charge on any atom is -0.494 e. The van der Waals surface area contributed by atoms with Crippen molar-refractivity contribution in [2.45, 2.75) is 12.5 Å². The van der Waals surface area contributed by atoms with E-state index >= 15 is 0 Å². The number of carbonyl (C=O) groups is 1. The Hall–Kier alpha value is -2.58. The maximum Gasteiger partial charge on any atom is 0.325 e. The van der Waals surface area contributed by atoms with Crippen LogP contribution in [-0.2, 0) is 16.0 Å². The molecule has 1 aromatic rings. The molecule has 1 unspecified atom stereocenters. The predicted octanol–water partition coefficient (Wildman–Crippen LogP) is 1.03. The van der Waals surface area contributed by atoms with Gasteiger partial charge in [-0.1, -0.05) is 0 Å². The minimum absolute atomic E-state index is 0.0163. The number of methoxy groups -OCH3 is 2. The van der Waals surface area contributed by atoms with Gasteiger partial charge in [0.1, 0.15) is 18.0 Å². The molecule has 1 atom stereocenters. The molecule has 0 amide bonds. The lowest BCUT2D eigenvalue weighted by atomic mass is 9.98. The highest BCUT2D eigenvalue weighted by Gasteiger charge is 2.31. The van der Waals surface area contributed by atoms with Crippen molar-refractivity contribution in [3.05, 3.63) is 27.6 Å². The lowest BCUT2D eigenvalue weighted by Crippen LogP contribution is -2.35. The number of fused-ring (bicyclic) bond motifs is 1. The van der Waals surface area contributed by atoms with Gasteiger partial charge >= 0.3 is 5.97 Å². The van der Waals surface area contributed by atoms with Crippen molar-refractivity contribution < 1.29 is 23.6 Å². The number of carbonyl (C=O) groups excluding carboxylic acids is 1. The SMILES string of the molecule is COC(=O)CNc1c(OC)cc2c(c1F)CC([N+](=O)[O-])CN2. The van der Waals surface area contributed by atoms with Crippen molar-refractivity contribution in [3.63, 3.8) is 0 Å². The van der Waals surface area contributed by atoms with Crippen molar-refractivity contribution in [1.82, 2.24) is 0 Å². The second kappa shape index (κ2) is 6.46. The first-order chi connectivity index (χ1) is 10.5. The Bertz CT molecular complexity index is 608. The average molecular weight is 313 g/mol. The van der Waals surface area contributed by atoms with E-state index < -0.39 is 22.8 Å². The topological polar surface area (TPSA) is 103 Å². The molecule has 2 N–H and O–H groups in total. The standard InChI is InChI=1S/C13H16FN3O5/c1-21-10-4-9-8(3-7(5-15-9)17(19)20)12(14)13(10)16-6-11(18)22-2/h4,7,15-16H,3,5-6H2,1-2H3. The molecule has 2 rings (SSSR count). The molecule has 0 bridgehead atoms. The maximum atomic E-state index is 14.6. The molecule has 0 fully saturated rings. The van der Waals surface area contributed by atoms with Crippen molar-refractivity contribution in [2.24, 2.45) is 0 Å². The summed E-state index contributed by atoms with van der Waals surface area (Å²) in [6.07, 6.45) is -0.0297. The van der Waals surface area contributed by atoms with Crippen LogP contribution < -0.4 is 15.4 Å². The number of ether oxygens (including phenoxy) is 2. The van der Waals surface area contributed by atoms with E-state index in [9.17, 15) is 19.3 Å². The van der Waals surface area contributed by atoms with Crippen molar-refractivity contribution in [3.8, 4) is 5.75 Å². The van der Waals surface area contributed by atoms with E-state index in [1.807, 2.05) is 0 Å². The Balaban J connectivity index is 2.35. The number of hydrogen-bond donors (Lipinski definition) is 2. The molecule has 0 aromatic heterocycles. The number of rotatable bonds is 5. The molecule has 8 nitrogen and oxygen atoms in total. The number of anilines is 2. The lowest BCUT2D eigenvalue weighted by Gasteiger charge is -2.24. The molecule has 1 aliphatic rings. The normalized spacial score (nSPS) is 16.2. The maximum absolute atomic E-state index is 14.6. The summed E-state index contributed by atoms with van der Waals surface area (Å²) in [5, 5.41) is 16.3. The van der Waals surface area contributed by atoms with Crippen LogP contribution in [0.3, 0.4) is 0 Å². The van der Waals surface area contributed by atoms with E-state index in [0.29, 0.717) is 5.69 Å². The fraction of sp³-hybridized carbons (Fsp3) is 0.462. The molecule has 0 aliphatic carbocycles. The van der Waals surface area contributed by atoms with Gasteiger partial charge in [-0.3, -0.25) is 14.9 Å². The molecule has 0 saturated heterocycles. The number of hydrogen-bond acceptors (Lipinski definition) is 7. The Kier molecular flexibility index (Phi) is 4.64. The largest absolute Gasteiger partial charge is 0.494 e. The summed E-state index contributed by atoms with van der Waals surface area (Å²) in [5.41, 5.74) is 0.634. The van der Waals surface area contributed by atoms with E-state index in [0.717, 1.165) is 0 Å². The van der Waals surface area contributed by atoms with Gasteiger partial charge in [-0.05, 0) is 0 Å². The number of halogens is 1. The van der Waals surface area contributed by atoms with Crippen LogP contribution in [0.5, 0.6) is 5.75 Å². The van der Waals surface area contributed by atoms with Crippen LogP contribution in [0.2, 0.25) is 0 Å². The van der Waals surface area contributed by atoms with E-state index in [-0.39, 0.29) is 36.5 Å². The molecule has 0 spiro atoms. The van der Waals surface area contributed by atoms with Gasteiger partial charge in [-0.2, -0.15) is 0 Å². The van der Waals surface area contributed by atoms with Gasteiger partial charge in [-0.15, -0.1) is 0 Å². The van der Waals surface area contributed by atoms with Crippen LogP contribution in [0.25, 0.3) is 0 Å². The smallest absolute Gasteiger partial charge is 0.325 e. The Morgan fingerprint density at radius 1 is 1.59 bits per heavy atom. The average Bonchev–Trinajstić information content (AvgIpc) is 2.52. The van der Waals surface area contributed by atoms with Crippen LogP contribution >= 0.6 is 0 Å². The number of benzene rings is 1. The molecular formula is C13H16FN3O5. The van der Waals surface area contributed by atoms with Crippen LogP contribution in [0.15, 0.2) is 6.07 Å². The molecule has 0 saturated carbocycles. The summed E-state index contributed by atoms with van der Waals surface area (Å²) in [6.45, 7) is -0.119. The van der Waals surface area contributed by atoms with Gasteiger partial charge in [-0.25, -0.2) is 4.39 Å². The molecule has 22 heavy (non-hydrogen) atoms. The third-order valence-corrected chi connectivity index (χ3v) is 3.45. The quantitative estimate of drug-likeness (QED) is 0.475. The van der Waals surface area contributed by atoms with Crippen molar-refractivity contribution >= 4 is 17.3 Å². The first kappa shape index (κ1) is 15.8. The van der Waals surface area contributed by atoms with E-state index in [1.54, 1.807) is 6.07 Å². The zero-order chi connectivity index (χ0) is 16.3. The van der Waals surface area contributed by atoms with Gasteiger partial charge in [0.05, 0.1) is 20.8 Å². The highest BCUT2D eigenvalue weighted by Crippen LogP contribution is 2.37. The van der Waals surface area contributed by atoms with Crippen LogP contribution in [0, 0.1) is 15.9 Å². The monoisotopic (exact) mass is 313 g/mol. The zero-order valence-corrected chi connectivity index (χ0v) is 12.1. The summed E-state index contributed by atoms with van der Waals surface area (Å²) in [6, 6.07) is 0.651. The lowest BCUT2D eigenvalue weighted by molar-refractivity contribution is -0.518. The minimum atomic E-state index is -0.899. The zero-order valence-electron chi connectivity index (χ0n) is 12.1. The third kappa shape index (κ3) is 3.02. The summed E-state index contributed by atoms with van der Waals surface area (Å²) in [7, 11) is 2.59. The van der Waals surface area contributed by atoms with Gasteiger partial charge in [0, 0.05) is 28.7 Å². The van der Waals surface area contributed by atoms with Gasteiger partial charge in [0.15, 0.2) is 5.82 Å². The Morgan fingerprint density at radius 3 is 2.91 bits per heavy atom. The Morgan fingerprint density at radius 2 is 2.32 bits per heavy atom. The third-order valence-electron chi connectivity index (χ3n) is 3.45. The summed E-state index contributed by atoms with van der Waals surface area (Å²) >= 11 is 0. The predicted molar refractivity (Wildman–Crippen MR) is 76.4 cm³/mol. The number of esters is 1. The molecular weight excluding hydrogens is 297 g/mol. The molecule has 9 heteroatoms. The summed E-state index contributed by atoms with van der Waals surface area (Å²) < 4.78 is 24.2. The Labute approximate surface area is 125 Å². The van der Waals surface area contributed by atoms with E-state index in [2.05, 4.69) is 15.4 Å². The van der Waals surface area contributed by atoms with Gasteiger partial charge < -0.3 is 20.1 Å². The molecule has 120 valence electrons. The van der Waals surface area contributed by atoms with Gasteiger partial charge in [0.25, 0.3) is 0 Å². The molecule has 1 heterocycles. The first-order valence-corrected chi connectivity index (χ1v) is 6.55. The number of nitrogens with one attached hydrogen (secondary N) is 2. The van der Waals surface area contributed by atoms with E-state index in [1.165, 1.54) is 14.2 Å². The van der Waals surface area contributed by atoms with Crippen LogP contribution in [0.4, 0.5) is 15.8 Å².